The van der Waals surface area contributed by atoms with E-state index >= 15 is 0 Å². The van der Waals surface area contributed by atoms with Gasteiger partial charge in [0.1, 0.15) is 29.1 Å². The van der Waals surface area contributed by atoms with Crippen molar-refractivity contribution < 1.29 is 23.5 Å². The molecule has 1 amide bonds. The van der Waals surface area contributed by atoms with Crippen LogP contribution in [0.3, 0.4) is 0 Å². The lowest BCUT2D eigenvalue weighted by Gasteiger charge is -2.24. The van der Waals surface area contributed by atoms with E-state index in [4.69, 9.17) is 4.42 Å². The van der Waals surface area contributed by atoms with Crippen LogP contribution in [-0.4, -0.2) is 28.2 Å². The normalized spacial score (nSPS) is 17.9. The van der Waals surface area contributed by atoms with Gasteiger partial charge in [-0.25, -0.2) is 4.39 Å². The molecule has 1 fully saturated rings. The highest BCUT2D eigenvalue weighted by atomic mass is 19.1. The van der Waals surface area contributed by atoms with Crippen molar-refractivity contribution in [1.82, 2.24) is 4.90 Å². The molecule has 2 aromatic carbocycles. The lowest BCUT2D eigenvalue weighted by atomic mass is 9.84. The molecule has 1 N–H and O–H groups in total. The fourth-order valence-corrected chi connectivity index (χ4v) is 4.40. The molecule has 2 heterocycles. The van der Waals surface area contributed by atoms with Gasteiger partial charge >= 0.3 is 0 Å². The number of rotatable bonds is 5. The first-order valence-corrected chi connectivity index (χ1v) is 11.7. The van der Waals surface area contributed by atoms with Crippen LogP contribution in [0.4, 0.5) is 4.39 Å². The highest BCUT2D eigenvalue weighted by Crippen LogP contribution is 2.41. The van der Waals surface area contributed by atoms with Crippen LogP contribution in [0.25, 0.3) is 5.76 Å². The summed E-state index contributed by atoms with van der Waals surface area (Å²) in [6.45, 7) is 10.1. The zero-order valence-corrected chi connectivity index (χ0v) is 20.7. The number of carbonyl (C=O) groups is 2. The van der Waals surface area contributed by atoms with Crippen LogP contribution in [0.2, 0.25) is 0 Å². The van der Waals surface area contributed by atoms with Gasteiger partial charge in [-0.15, -0.1) is 0 Å². The molecule has 1 atom stereocenters. The Kier molecular flexibility index (Phi) is 6.41. The topological polar surface area (TPSA) is 70.8 Å². The molecule has 5 nitrogen and oxygen atoms in total. The molecule has 3 aromatic rings. The van der Waals surface area contributed by atoms with Gasteiger partial charge in [0.2, 0.25) is 0 Å². The standard InChI is InChI=1S/C29H30FNO4/c1-17-6-10-20(29(3,4)5)16-22(17)26(32)24-25(23-13-7-18(2)35-23)31(28(34)27(24)33)15-14-19-8-11-21(30)12-9-19/h6-13,16,25,32H,14-15H2,1-5H3/b26-24+. The first-order valence-electron chi connectivity index (χ1n) is 11.7. The van der Waals surface area contributed by atoms with Crippen molar-refractivity contribution in [3.63, 3.8) is 0 Å². The molecule has 0 spiro atoms. The Bertz CT molecular complexity index is 1310. The van der Waals surface area contributed by atoms with E-state index in [2.05, 4.69) is 20.8 Å². The molecular formula is C29H30FNO4. The predicted molar refractivity (Wildman–Crippen MR) is 132 cm³/mol. The summed E-state index contributed by atoms with van der Waals surface area (Å²) in [5, 5.41) is 11.4. The van der Waals surface area contributed by atoms with Crippen LogP contribution in [-0.2, 0) is 21.4 Å². The Hall–Kier alpha value is -3.67. The van der Waals surface area contributed by atoms with Crippen molar-refractivity contribution in [2.24, 2.45) is 0 Å². The second-order valence-electron chi connectivity index (χ2n) is 10.1. The van der Waals surface area contributed by atoms with Crippen molar-refractivity contribution in [3.05, 3.63) is 99.8 Å². The maximum atomic E-state index is 13.3. The fourth-order valence-electron chi connectivity index (χ4n) is 4.40. The Morgan fingerprint density at radius 3 is 2.31 bits per heavy atom. The van der Waals surface area contributed by atoms with E-state index in [1.54, 1.807) is 31.2 Å². The number of aliphatic hydroxyl groups excluding tert-OH is 1. The van der Waals surface area contributed by atoms with Crippen LogP contribution in [0.5, 0.6) is 0 Å². The molecule has 1 aliphatic heterocycles. The van der Waals surface area contributed by atoms with Gasteiger partial charge in [-0.2, -0.15) is 0 Å². The average molecular weight is 476 g/mol. The van der Waals surface area contributed by atoms with Gasteiger partial charge in [0.15, 0.2) is 0 Å². The Morgan fingerprint density at radius 1 is 1.03 bits per heavy atom. The minimum atomic E-state index is -0.859. The third-order valence-corrected chi connectivity index (χ3v) is 6.48. The molecule has 0 radical (unpaired) electrons. The third-order valence-electron chi connectivity index (χ3n) is 6.48. The quantitative estimate of drug-likeness (QED) is 0.279. The van der Waals surface area contributed by atoms with Gasteiger partial charge in [0.05, 0.1) is 5.57 Å². The summed E-state index contributed by atoms with van der Waals surface area (Å²) in [7, 11) is 0. The van der Waals surface area contributed by atoms with Gasteiger partial charge in [-0.1, -0.05) is 45.0 Å². The number of carbonyl (C=O) groups excluding carboxylic acids is 2. The minimum absolute atomic E-state index is 0.0117. The van der Waals surface area contributed by atoms with Crippen LogP contribution < -0.4 is 0 Å². The number of ketones is 1. The number of likely N-dealkylation sites (tertiary alicyclic amines) is 1. The summed E-state index contributed by atoms with van der Waals surface area (Å²) in [4.78, 5) is 27.9. The highest BCUT2D eigenvalue weighted by Gasteiger charge is 2.47. The molecule has 182 valence electrons. The van der Waals surface area contributed by atoms with Crippen molar-refractivity contribution in [3.8, 4) is 0 Å². The Morgan fingerprint density at radius 2 is 1.71 bits per heavy atom. The number of hydrogen-bond acceptors (Lipinski definition) is 4. The summed E-state index contributed by atoms with van der Waals surface area (Å²) >= 11 is 0. The molecule has 4 rings (SSSR count). The number of hydrogen-bond donors (Lipinski definition) is 1. The first-order chi connectivity index (χ1) is 16.5. The number of nitrogens with zero attached hydrogens (tertiary/aromatic N) is 1. The average Bonchev–Trinajstić information content (AvgIpc) is 3.33. The first kappa shape index (κ1) is 24.5. The molecule has 35 heavy (non-hydrogen) atoms. The van der Waals surface area contributed by atoms with E-state index in [0.717, 1.165) is 16.7 Å². The van der Waals surface area contributed by atoms with Crippen LogP contribution in [0, 0.1) is 19.7 Å². The molecular weight excluding hydrogens is 445 g/mol. The third kappa shape index (κ3) is 4.78. The van der Waals surface area contributed by atoms with Gasteiger partial charge < -0.3 is 14.4 Å². The number of halogens is 1. The SMILES string of the molecule is Cc1ccc(C2/C(=C(\O)c3cc(C(C)(C)C)ccc3C)C(=O)C(=O)N2CCc2ccc(F)cc2)o1. The van der Waals surface area contributed by atoms with E-state index in [9.17, 15) is 19.1 Å². The summed E-state index contributed by atoms with van der Waals surface area (Å²) in [6, 6.07) is 14.4. The summed E-state index contributed by atoms with van der Waals surface area (Å²) in [6.07, 6.45) is 0.419. The largest absolute Gasteiger partial charge is 0.507 e. The maximum absolute atomic E-state index is 13.3. The van der Waals surface area contributed by atoms with Crippen molar-refractivity contribution in [2.75, 3.05) is 6.54 Å². The van der Waals surface area contributed by atoms with E-state index in [1.807, 2.05) is 25.1 Å². The molecule has 1 saturated heterocycles. The Balaban J connectivity index is 1.81. The molecule has 1 unspecified atom stereocenters. The zero-order valence-electron chi connectivity index (χ0n) is 20.7. The van der Waals surface area contributed by atoms with Crippen molar-refractivity contribution in [1.29, 1.82) is 0 Å². The second-order valence-corrected chi connectivity index (χ2v) is 10.1. The number of aliphatic hydroxyl groups is 1. The van der Waals surface area contributed by atoms with Crippen LogP contribution in [0.1, 0.15) is 60.6 Å². The summed E-state index contributed by atoms with van der Waals surface area (Å²) < 4.78 is 19.2. The maximum Gasteiger partial charge on any atom is 0.295 e. The molecule has 1 aromatic heterocycles. The molecule has 0 bridgehead atoms. The van der Waals surface area contributed by atoms with Crippen molar-refractivity contribution in [2.45, 2.75) is 52.5 Å². The van der Waals surface area contributed by atoms with Gasteiger partial charge in [-0.05, 0) is 72.7 Å². The fraction of sp³-hybridized carbons (Fsp3) is 0.310. The number of Topliss-reactive ketones (excluding diaryl/α,β-unsaturated/α-hetero) is 1. The van der Waals surface area contributed by atoms with E-state index in [0.29, 0.717) is 23.5 Å². The molecule has 0 saturated carbocycles. The summed E-state index contributed by atoms with van der Waals surface area (Å²) in [5.41, 5.74) is 2.99. The lowest BCUT2D eigenvalue weighted by Crippen LogP contribution is -2.31. The minimum Gasteiger partial charge on any atom is -0.507 e. The van der Waals surface area contributed by atoms with Crippen LogP contribution in [0.15, 0.2) is 64.6 Å². The Labute approximate surface area is 204 Å². The van der Waals surface area contributed by atoms with Gasteiger partial charge in [0, 0.05) is 12.1 Å². The van der Waals surface area contributed by atoms with E-state index in [-0.39, 0.29) is 29.1 Å². The highest BCUT2D eigenvalue weighted by molar-refractivity contribution is 6.46. The monoisotopic (exact) mass is 475 g/mol. The van der Waals surface area contributed by atoms with E-state index in [1.165, 1.54) is 17.0 Å². The number of amides is 1. The van der Waals surface area contributed by atoms with Gasteiger partial charge in [0.25, 0.3) is 11.7 Å². The second kappa shape index (κ2) is 9.17. The smallest absolute Gasteiger partial charge is 0.295 e. The van der Waals surface area contributed by atoms with Crippen molar-refractivity contribution >= 4 is 17.4 Å². The molecule has 6 heteroatoms. The van der Waals surface area contributed by atoms with E-state index < -0.39 is 17.7 Å². The summed E-state index contributed by atoms with van der Waals surface area (Å²) in [5.74, 6) is -0.955. The lowest BCUT2D eigenvalue weighted by molar-refractivity contribution is -0.140. The number of furan rings is 1. The van der Waals surface area contributed by atoms with Crippen LogP contribution >= 0.6 is 0 Å². The molecule has 1 aliphatic rings. The zero-order chi connectivity index (χ0) is 25.5. The van der Waals surface area contributed by atoms with Gasteiger partial charge in [-0.3, -0.25) is 9.59 Å². The molecule has 0 aliphatic carbocycles. The number of aryl methyl sites for hydroxylation is 2. The predicted octanol–water partition coefficient (Wildman–Crippen LogP) is 6.00. The number of benzene rings is 2.